The predicted molar refractivity (Wildman–Crippen MR) is 87.1 cm³/mol. The van der Waals surface area contributed by atoms with Gasteiger partial charge in [-0.2, -0.15) is 0 Å². The van der Waals surface area contributed by atoms with Crippen LogP contribution < -0.4 is 5.73 Å². The third kappa shape index (κ3) is 5.01. The maximum absolute atomic E-state index is 5.97. The number of halogens is 2. The van der Waals surface area contributed by atoms with Gasteiger partial charge in [0.2, 0.25) is 0 Å². The highest BCUT2D eigenvalue weighted by atomic mass is 79.9. The van der Waals surface area contributed by atoms with Gasteiger partial charge in [0.15, 0.2) is 0 Å². The van der Waals surface area contributed by atoms with E-state index in [-0.39, 0.29) is 0 Å². The van der Waals surface area contributed by atoms with Crippen LogP contribution in [0.1, 0.15) is 24.8 Å². The van der Waals surface area contributed by atoms with Crippen LogP contribution in [0.5, 0.6) is 0 Å². The Hall–Kier alpha value is -0.130. The molecule has 0 bridgehead atoms. The quantitative estimate of drug-likeness (QED) is 0.789. The first kappa shape index (κ1) is 16.2. The van der Waals surface area contributed by atoms with Crippen LogP contribution in [0.25, 0.3) is 0 Å². The van der Waals surface area contributed by atoms with Gasteiger partial charge in [-0.15, -0.1) is 0 Å². The summed E-state index contributed by atoms with van der Waals surface area (Å²) in [5.41, 5.74) is 6.76. The summed E-state index contributed by atoms with van der Waals surface area (Å²) in [4.78, 5) is 2.47. The van der Waals surface area contributed by atoms with Crippen molar-refractivity contribution in [2.75, 3.05) is 26.2 Å². The standard InChI is InChI=1S/C15H22BrClN2O/c16-15-10-13(17)3-2-12(15)11-19-7-4-14(5-8-19)20-9-1-6-18/h2-3,10,14H,1,4-9,11,18H2. The topological polar surface area (TPSA) is 38.5 Å². The molecule has 2 rings (SSSR count). The Kier molecular flexibility index (Phi) is 6.78. The normalized spacial score (nSPS) is 17.6. The highest BCUT2D eigenvalue weighted by Gasteiger charge is 2.20. The van der Waals surface area contributed by atoms with Crippen molar-refractivity contribution in [1.82, 2.24) is 4.90 Å². The van der Waals surface area contributed by atoms with Crippen LogP contribution in [0, 0.1) is 0 Å². The summed E-state index contributed by atoms with van der Waals surface area (Å²) in [5, 5.41) is 0.771. The van der Waals surface area contributed by atoms with Crippen LogP contribution in [0.3, 0.4) is 0 Å². The SMILES string of the molecule is NCCCOC1CCN(Cc2ccc(Cl)cc2Br)CC1. The van der Waals surface area contributed by atoms with Crippen LogP contribution in [0.4, 0.5) is 0 Å². The Labute approximate surface area is 134 Å². The minimum absolute atomic E-state index is 0.409. The summed E-state index contributed by atoms with van der Waals surface area (Å²) in [6.45, 7) is 4.64. The fourth-order valence-corrected chi connectivity index (χ4v) is 3.27. The van der Waals surface area contributed by atoms with Gasteiger partial charge in [0.05, 0.1) is 6.10 Å². The molecule has 0 atom stereocenters. The summed E-state index contributed by atoms with van der Waals surface area (Å²) in [7, 11) is 0. The van der Waals surface area contributed by atoms with Gasteiger partial charge < -0.3 is 10.5 Å². The van der Waals surface area contributed by atoms with Gasteiger partial charge in [-0.25, -0.2) is 0 Å². The second kappa shape index (κ2) is 8.35. The van der Waals surface area contributed by atoms with E-state index in [0.29, 0.717) is 12.6 Å². The highest BCUT2D eigenvalue weighted by Crippen LogP contribution is 2.24. The smallest absolute Gasteiger partial charge is 0.0599 e. The number of hydrogen-bond donors (Lipinski definition) is 1. The zero-order chi connectivity index (χ0) is 14.4. The number of hydrogen-bond acceptors (Lipinski definition) is 3. The third-order valence-electron chi connectivity index (χ3n) is 3.65. The van der Waals surface area contributed by atoms with E-state index in [9.17, 15) is 0 Å². The Morgan fingerprint density at radius 1 is 1.35 bits per heavy atom. The lowest BCUT2D eigenvalue weighted by molar-refractivity contribution is 0.00560. The Morgan fingerprint density at radius 3 is 2.75 bits per heavy atom. The van der Waals surface area contributed by atoms with Crippen molar-refractivity contribution in [2.45, 2.75) is 31.9 Å². The second-order valence-electron chi connectivity index (χ2n) is 5.22. The molecular formula is C15H22BrClN2O. The molecule has 1 saturated heterocycles. The zero-order valence-electron chi connectivity index (χ0n) is 11.7. The van der Waals surface area contributed by atoms with Crippen LogP contribution >= 0.6 is 27.5 Å². The van der Waals surface area contributed by atoms with Crippen molar-refractivity contribution in [1.29, 1.82) is 0 Å². The van der Waals surface area contributed by atoms with E-state index >= 15 is 0 Å². The van der Waals surface area contributed by atoms with Gasteiger partial charge in [-0.1, -0.05) is 33.6 Å². The average Bonchev–Trinajstić information content (AvgIpc) is 2.44. The lowest BCUT2D eigenvalue weighted by atomic mass is 10.1. The van der Waals surface area contributed by atoms with E-state index in [1.165, 1.54) is 5.56 Å². The van der Waals surface area contributed by atoms with Crippen molar-refractivity contribution in [3.05, 3.63) is 33.3 Å². The molecule has 0 spiro atoms. The summed E-state index contributed by atoms with van der Waals surface area (Å²) in [5.74, 6) is 0. The molecule has 0 radical (unpaired) electrons. The fourth-order valence-electron chi connectivity index (χ4n) is 2.46. The molecule has 3 nitrogen and oxygen atoms in total. The first-order chi connectivity index (χ1) is 9.69. The van der Waals surface area contributed by atoms with Crippen LogP contribution in [-0.4, -0.2) is 37.2 Å². The maximum atomic E-state index is 5.97. The van der Waals surface area contributed by atoms with Gasteiger partial charge in [0.25, 0.3) is 0 Å². The molecule has 0 unspecified atom stereocenters. The minimum atomic E-state index is 0.409. The molecule has 1 aromatic rings. The largest absolute Gasteiger partial charge is 0.378 e. The summed E-state index contributed by atoms with van der Waals surface area (Å²) in [6, 6.07) is 6.00. The number of piperidine rings is 1. The van der Waals surface area contributed by atoms with E-state index in [4.69, 9.17) is 22.1 Å². The van der Waals surface area contributed by atoms with E-state index in [2.05, 4.69) is 26.9 Å². The van der Waals surface area contributed by atoms with Gasteiger partial charge in [0, 0.05) is 35.7 Å². The molecule has 112 valence electrons. The van der Waals surface area contributed by atoms with Crippen molar-refractivity contribution < 1.29 is 4.74 Å². The van der Waals surface area contributed by atoms with Gasteiger partial charge in [-0.05, 0) is 43.5 Å². The molecule has 5 heteroatoms. The Morgan fingerprint density at radius 2 is 2.10 bits per heavy atom. The lowest BCUT2D eigenvalue weighted by Crippen LogP contribution is -2.36. The Balaban J connectivity index is 1.76. The first-order valence-corrected chi connectivity index (χ1v) is 8.34. The number of nitrogens with zero attached hydrogens (tertiary/aromatic N) is 1. The summed E-state index contributed by atoms with van der Waals surface area (Å²) >= 11 is 9.55. The molecule has 0 amide bonds. The van der Waals surface area contributed by atoms with Crippen molar-refractivity contribution in [2.24, 2.45) is 5.73 Å². The second-order valence-corrected chi connectivity index (χ2v) is 6.52. The van der Waals surface area contributed by atoms with Crippen LogP contribution in [0.15, 0.2) is 22.7 Å². The van der Waals surface area contributed by atoms with Crippen LogP contribution in [0.2, 0.25) is 5.02 Å². The maximum Gasteiger partial charge on any atom is 0.0599 e. The number of benzene rings is 1. The molecule has 0 aromatic heterocycles. The molecule has 1 heterocycles. The average molecular weight is 362 g/mol. The molecule has 1 aliphatic heterocycles. The van der Waals surface area contributed by atoms with E-state index in [0.717, 1.165) is 55.0 Å². The van der Waals surface area contributed by atoms with Crippen molar-refractivity contribution in [3.63, 3.8) is 0 Å². The van der Waals surface area contributed by atoms with E-state index in [1.807, 2.05) is 12.1 Å². The molecule has 0 saturated carbocycles. The number of ether oxygens (including phenoxy) is 1. The summed E-state index contributed by atoms with van der Waals surface area (Å²) < 4.78 is 6.92. The molecular weight excluding hydrogens is 340 g/mol. The van der Waals surface area contributed by atoms with E-state index in [1.54, 1.807) is 0 Å². The fraction of sp³-hybridized carbons (Fsp3) is 0.600. The van der Waals surface area contributed by atoms with Gasteiger partial charge in [-0.3, -0.25) is 4.90 Å². The molecule has 20 heavy (non-hydrogen) atoms. The lowest BCUT2D eigenvalue weighted by Gasteiger charge is -2.32. The minimum Gasteiger partial charge on any atom is -0.378 e. The summed E-state index contributed by atoms with van der Waals surface area (Å²) in [6.07, 6.45) is 3.58. The van der Waals surface area contributed by atoms with Crippen molar-refractivity contribution in [3.8, 4) is 0 Å². The number of likely N-dealkylation sites (tertiary alicyclic amines) is 1. The molecule has 2 N–H and O–H groups in total. The molecule has 1 aliphatic rings. The van der Waals surface area contributed by atoms with Gasteiger partial charge in [0.1, 0.15) is 0 Å². The predicted octanol–water partition coefficient (Wildman–Crippen LogP) is 3.43. The van der Waals surface area contributed by atoms with Gasteiger partial charge >= 0.3 is 0 Å². The van der Waals surface area contributed by atoms with E-state index < -0.39 is 0 Å². The van der Waals surface area contributed by atoms with Crippen LogP contribution in [-0.2, 0) is 11.3 Å². The third-order valence-corrected chi connectivity index (χ3v) is 4.62. The van der Waals surface area contributed by atoms with Crippen molar-refractivity contribution >= 4 is 27.5 Å². The first-order valence-electron chi connectivity index (χ1n) is 7.17. The highest BCUT2D eigenvalue weighted by molar-refractivity contribution is 9.10. The molecule has 0 aliphatic carbocycles. The zero-order valence-corrected chi connectivity index (χ0v) is 14.0. The Bertz CT molecular complexity index is 422. The number of rotatable bonds is 6. The molecule has 1 fully saturated rings. The monoisotopic (exact) mass is 360 g/mol. The molecule has 1 aromatic carbocycles. The number of nitrogens with two attached hydrogens (primary N) is 1.